The summed E-state index contributed by atoms with van der Waals surface area (Å²) >= 11 is 0. The third-order valence-electron chi connectivity index (χ3n) is 4.01. The van der Waals surface area contributed by atoms with Gasteiger partial charge in [-0.05, 0) is 31.3 Å². The average Bonchev–Trinajstić information content (AvgIpc) is 3.13. The lowest BCUT2D eigenvalue weighted by Gasteiger charge is -2.35. The van der Waals surface area contributed by atoms with E-state index in [1.165, 1.54) is 19.2 Å². The second kappa shape index (κ2) is 6.66. The molecular formula is C16H19N3O4S. The summed E-state index contributed by atoms with van der Waals surface area (Å²) < 4.78 is 30.7. The van der Waals surface area contributed by atoms with Crippen LogP contribution in [0.5, 0.6) is 0 Å². The summed E-state index contributed by atoms with van der Waals surface area (Å²) in [5.41, 5.74) is 1.13. The monoisotopic (exact) mass is 349 g/mol. The molecule has 1 aliphatic heterocycles. The second-order valence-electron chi connectivity index (χ2n) is 5.44. The van der Waals surface area contributed by atoms with E-state index in [9.17, 15) is 13.2 Å². The Morgan fingerprint density at radius 1 is 1.04 bits per heavy atom. The van der Waals surface area contributed by atoms with Crippen LogP contribution >= 0.6 is 0 Å². The number of para-hydroxylation sites is 1. The molecule has 0 unspecified atom stereocenters. The van der Waals surface area contributed by atoms with Crippen LogP contribution in [0.2, 0.25) is 0 Å². The molecule has 0 bridgehead atoms. The van der Waals surface area contributed by atoms with Crippen molar-refractivity contribution in [3.05, 3.63) is 48.2 Å². The van der Waals surface area contributed by atoms with Crippen LogP contribution in [0.1, 0.15) is 10.6 Å². The second-order valence-corrected chi connectivity index (χ2v) is 7.26. The number of nitrogens with zero attached hydrogens (tertiary/aromatic N) is 2. The van der Waals surface area contributed by atoms with Gasteiger partial charge in [-0.3, -0.25) is 4.79 Å². The number of amides is 1. The van der Waals surface area contributed by atoms with E-state index >= 15 is 0 Å². The van der Waals surface area contributed by atoms with Crippen LogP contribution in [0, 0.1) is 0 Å². The van der Waals surface area contributed by atoms with Crippen LogP contribution in [0.3, 0.4) is 0 Å². The Bertz CT molecular complexity index is 809. The third-order valence-corrected chi connectivity index (χ3v) is 5.30. The molecule has 0 spiro atoms. The SMILES string of the molecule is CNS(=O)(=O)c1ccc(C(=O)N2CCN(c3ccccc3)CC2)o1. The fourth-order valence-electron chi connectivity index (χ4n) is 2.64. The lowest BCUT2D eigenvalue weighted by molar-refractivity contribution is 0.0709. The predicted molar refractivity (Wildman–Crippen MR) is 89.5 cm³/mol. The summed E-state index contributed by atoms with van der Waals surface area (Å²) in [5.74, 6) is -0.253. The molecule has 3 rings (SSSR count). The van der Waals surface area contributed by atoms with Gasteiger partial charge < -0.3 is 14.2 Å². The van der Waals surface area contributed by atoms with Crippen LogP contribution in [0.4, 0.5) is 5.69 Å². The van der Waals surface area contributed by atoms with Gasteiger partial charge in [-0.15, -0.1) is 0 Å². The van der Waals surface area contributed by atoms with Crippen molar-refractivity contribution in [2.45, 2.75) is 5.09 Å². The molecule has 7 nitrogen and oxygen atoms in total. The molecule has 1 fully saturated rings. The molecule has 0 aliphatic carbocycles. The Morgan fingerprint density at radius 3 is 2.33 bits per heavy atom. The summed E-state index contributed by atoms with van der Waals surface area (Å²) in [5, 5.41) is -0.253. The summed E-state index contributed by atoms with van der Waals surface area (Å²) in [6.07, 6.45) is 0. The molecule has 128 valence electrons. The topological polar surface area (TPSA) is 82.9 Å². The minimum absolute atomic E-state index is 0.0389. The Morgan fingerprint density at radius 2 is 1.71 bits per heavy atom. The van der Waals surface area contributed by atoms with Crippen molar-refractivity contribution in [2.75, 3.05) is 38.1 Å². The Kier molecular flexibility index (Phi) is 4.59. The highest BCUT2D eigenvalue weighted by molar-refractivity contribution is 7.89. The van der Waals surface area contributed by atoms with E-state index in [1.54, 1.807) is 4.90 Å². The number of hydrogen-bond donors (Lipinski definition) is 1. The number of sulfonamides is 1. The fourth-order valence-corrected chi connectivity index (χ4v) is 3.29. The fraction of sp³-hybridized carbons (Fsp3) is 0.312. The molecule has 1 saturated heterocycles. The Hall–Kier alpha value is -2.32. The lowest BCUT2D eigenvalue weighted by Crippen LogP contribution is -2.48. The van der Waals surface area contributed by atoms with Gasteiger partial charge in [-0.2, -0.15) is 0 Å². The van der Waals surface area contributed by atoms with E-state index in [1.807, 2.05) is 30.3 Å². The van der Waals surface area contributed by atoms with Crippen molar-refractivity contribution in [1.82, 2.24) is 9.62 Å². The predicted octanol–water partition coefficient (Wildman–Crippen LogP) is 1.15. The van der Waals surface area contributed by atoms with Crippen LogP contribution in [-0.4, -0.2) is 52.5 Å². The van der Waals surface area contributed by atoms with Crippen molar-refractivity contribution >= 4 is 21.6 Å². The molecule has 1 aromatic carbocycles. The summed E-state index contributed by atoms with van der Waals surface area (Å²) in [7, 11) is -2.39. The highest BCUT2D eigenvalue weighted by atomic mass is 32.2. The number of hydrogen-bond acceptors (Lipinski definition) is 5. The molecule has 2 heterocycles. The highest BCUT2D eigenvalue weighted by Gasteiger charge is 2.26. The number of nitrogens with one attached hydrogen (secondary N) is 1. The minimum Gasteiger partial charge on any atom is -0.438 e. The molecule has 1 N–H and O–H groups in total. The number of furan rings is 1. The maximum absolute atomic E-state index is 12.5. The van der Waals surface area contributed by atoms with Gasteiger partial charge in [0.2, 0.25) is 5.09 Å². The zero-order chi connectivity index (χ0) is 17.2. The van der Waals surface area contributed by atoms with Gasteiger partial charge >= 0.3 is 0 Å². The number of benzene rings is 1. The highest BCUT2D eigenvalue weighted by Crippen LogP contribution is 2.19. The van der Waals surface area contributed by atoms with E-state index < -0.39 is 10.0 Å². The van der Waals surface area contributed by atoms with Gasteiger partial charge in [-0.1, -0.05) is 18.2 Å². The summed E-state index contributed by atoms with van der Waals surface area (Å²) in [4.78, 5) is 16.4. The Labute approximate surface area is 140 Å². The van der Waals surface area contributed by atoms with Crippen LogP contribution < -0.4 is 9.62 Å². The number of anilines is 1. The van der Waals surface area contributed by atoms with Gasteiger partial charge in [0.15, 0.2) is 5.76 Å². The molecule has 1 aromatic heterocycles. The van der Waals surface area contributed by atoms with E-state index in [0.29, 0.717) is 13.1 Å². The maximum atomic E-state index is 12.5. The number of carbonyl (C=O) groups excluding carboxylic acids is 1. The summed E-state index contributed by atoms with van der Waals surface area (Å²) in [6, 6.07) is 12.7. The maximum Gasteiger partial charge on any atom is 0.289 e. The summed E-state index contributed by atoms with van der Waals surface area (Å²) in [6.45, 7) is 2.56. The molecular weight excluding hydrogens is 330 g/mol. The smallest absolute Gasteiger partial charge is 0.289 e. The van der Waals surface area contributed by atoms with Crippen LogP contribution in [-0.2, 0) is 10.0 Å². The van der Waals surface area contributed by atoms with Crippen molar-refractivity contribution in [3.8, 4) is 0 Å². The van der Waals surface area contributed by atoms with Crippen molar-refractivity contribution in [1.29, 1.82) is 0 Å². The van der Waals surface area contributed by atoms with E-state index in [-0.39, 0.29) is 16.8 Å². The molecule has 0 saturated carbocycles. The quantitative estimate of drug-likeness (QED) is 0.895. The van der Waals surface area contributed by atoms with E-state index in [2.05, 4.69) is 9.62 Å². The molecule has 1 amide bonds. The van der Waals surface area contributed by atoms with Gasteiger partial charge in [0.05, 0.1) is 0 Å². The first-order chi connectivity index (χ1) is 11.5. The molecule has 2 aromatic rings. The van der Waals surface area contributed by atoms with Gasteiger partial charge in [0.25, 0.3) is 15.9 Å². The van der Waals surface area contributed by atoms with Gasteiger partial charge in [0, 0.05) is 31.9 Å². The van der Waals surface area contributed by atoms with Crippen molar-refractivity contribution < 1.29 is 17.6 Å². The van der Waals surface area contributed by atoms with Gasteiger partial charge in [0.1, 0.15) is 0 Å². The zero-order valence-corrected chi connectivity index (χ0v) is 14.1. The van der Waals surface area contributed by atoms with Crippen LogP contribution in [0.15, 0.2) is 52.0 Å². The number of piperazine rings is 1. The third kappa shape index (κ3) is 3.29. The van der Waals surface area contributed by atoms with E-state index in [0.717, 1.165) is 18.8 Å². The Balaban J connectivity index is 1.65. The largest absolute Gasteiger partial charge is 0.438 e. The molecule has 8 heteroatoms. The van der Waals surface area contributed by atoms with Crippen molar-refractivity contribution in [3.63, 3.8) is 0 Å². The first-order valence-corrected chi connectivity index (χ1v) is 9.12. The minimum atomic E-state index is -3.68. The first kappa shape index (κ1) is 16.5. The number of carbonyl (C=O) groups is 1. The normalized spacial score (nSPS) is 15.5. The standard InChI is InChI=1S/C16H19N3O4S/c1-17-24(21,22)15-8-7-14(23-15)16(20)19-11-9-18(10-12-19)13-5-3-2-4-6-13/h2-8,17H,9-12H2,1H3. The van der Waals surface area contributed by atoms with Gasteiger partial charge in [-0.25, -0.2) is 13.1 Å². The average molecular weight is 349 g/mol. The molecule has 0 radical (unpaired) electrons. The molecule has 0 atom stereocenters. The van der Waals surface area contributed by atoms with E-state index in [4.69, 9.17) is 4.42 Å². The molecule has 1 aliphatic rings. The zero-order valence-electron chi connectivity index (χ0n) is 13.3. The van der Waals surface area contributed by atoms with Crippen LogP contribution in [0.25, 0.3) is 0 Å². The number of rotatable bonds is 4. The lowest BCUT2D eigenvalue weighted by atomic mass is 10.2. The van der Waals surface area contributed by atoms with Crippen molar-refractivity contribution in [2.24, 2.45) is 0 Å². The molecule has 24 heavy (non-hydrogen) atoms. The first-order valence-electron chi connectivity index (χ1n) is 7.64.